The fraction of sp³-hybridized carbons (Fsp3) is 0.647. The van der Waals surface area contributed by atoms with E-state index in [1.165, 1.54) is 0 Å². The first kappa shape index (κ1) is 16.4. The van der Waals surface area contributed by atoms with E-state index in [1.807, 2.05) is 25.7 Å². The van der Waals surface area contributed by atoms with Crippen molar-refractivity contribution in [2.24, 2.45) is 0 Å². The zero-order valence-electron chi connectivity index (χ0n) is 13.8. The summed E-state index contributed by atoms with van der Waals surface area (Å²) in [5.41, 5.74) is -0.464. The van der Waals surface area contributed by atoms with Gasteiger partial charge in [-0.1, -0.05) is 11.6 Å². The van der Waals surface area contributed by atoms with E-state index < -0.39 is 5.60 Å². The Balaban J connectivity index is 1.64. The summed E-state index contributed by atoms with van der Waals surface area (Å²) in [7, 11) is 0. The summed E-state index contributed by atoms with van der Waals surface area (Å²) in [6.45, 7) is 5.69. The van der Waals surface area contributed by atoms with Crippen LogP contribution in [0, 0.1) is 0 Å². The van der Waals surface area contributed by atoms with Crippen LogP contribution < -0.4 is 4.74 Å². The molecule has 0 aliphatic carbocycles. The normalized spacial score (nSPS) is 27.0. The zero-order chi connectivity index (χ0) is 16.6. The summed E-state index contributed by atoms with van der Waals surface area (Å²) in [6.07, 6.45) is 5.14. The number of nitrogens with zero attached hydrogens (tertiary/aromatic N) is 2. The lowest BCUT2D eigenvalue weighted by Crippen LogP contribution is -2.50. The Hall–Kier alpha value is -1.49. The standard InChI is InChI=1S/C17H23ClN2O3/c1-17(2,3)23-16(21)20-12-4-5-13(20)10-14(9-12)22-15-8-11(18)6-7-19-15/h6-8,12-14H,4-5,9-10H2,1-3H3/t12-,13+,14-. The lowest BCUT2D eigenvalue weighted by atomic mass is 10.0. The molecule has 2 saturated heterocycles. The molecule has 1 aromatic heterocycles. The fourth-order valence-corrected chi connectivity index (χ4v) is 3.61. The SMILES string of the molecule is CC(C)(C)OC(=O)N1[C@@H]2CC[C@H]1C[C@H](Oc1cc(Cl)ccn1)C2. The van der Waals surface area contributed by atoms with Gasteiger partial charge in [-0.2, -0.15) is 0 Å². The Bertz CT molecular complexity index is 573. The first-order valence-corrected chi connectivity index (χ1v) is 8.49. The van der Waals surface area contributed by atoms with Gasteiger partial charge < -0.3 is 14.4 Å². The van der Waals surface area contributed by atoms with E-state index in [0.29, 0.717) is 10.9 Å². The van der Waals surface area contributed by atoms with Crippen molar-refractivity contribution in [3.05, 3.63) is 23.4 Å². The Morgan fingerprint density at radius 3 is 2.52 bits per heavy atom. The molecule has 1 amide bonds. The number of rotatable bonds is 2. The fourth-order valence-electron chi connectivity index (χ4n) is 3.46. The van der Waals surface area contributed by atoms with Crippen molar-refractivity contribution >= 4 is 17.7 Å². The van der Waals surface area contributed by atoms with Crippen LogP contribution in [0.25, 0.3) is 0 Å². The van der Waals surface area contributed by atoms with Gasteiger partial charge in [0, 0.05) is 42.2 Å². The third-order valence-corrected chi connectivity index (χ3v) is 4.51. The van der Waals surface area contributed by atoms with E-state index in [9.17, 15) is 4.79 Å². The van der Waals surface area contributed by atoms with Crippen LogP contribution in [-0.2, 0) is 4.74 Å². The molecular formula is C17H23ClN2O3. The van der Waals surface area contributed by atoms with Crippen LogP contribution in [0.5, 0.6) is 5.88 Å². The summed E-state index contributed by atoms with van der Waals surface area (Å²) in [4.78, 5) is 18.5. The molecular weight excluding hydrogens is 316 g/mol. The van der Waals surface area contributed by atoms with Crippen molar-refractivity contribution in [2.75, 3.05) is 0 Å². The smallest absolute Gasteiger partial charge is 0.410 e. The van der Waals surface area contributed by atoms with Crippen LogP contribution in [0.4, 0.5) is 4.79 Å². The molecule has 3 rings (SSSR count). The second kappa shape index (κ2) is 6.19. The van der Waals surface area contributed by atoms with E-state index in [0.717, 1.165) is 25.7 Å². The summed E-state index contributed by atoms with van der Waals surface area (Å²) >= 11 is 5.97. The van der Waals surface area contributed by atoms with E-state index in [-0.39, 0.29) is 24.3 Å². The van der Waals surface area contributed by atoms with Crippen molar-refractivity contribution in [3.63, 3.8) is 0 Å². The molecule has 3 heterocycles. The Morgan fingerprint density at radius 1 is 1.30 bits per heavy atom. The van der Waals surface area contributed by atoms with Gasteiger partial charge >= 0.3 is 6.09 Å². The van der Waals surface area contributed by atoms with Gasteiger partial charge in [0.2, 0.25) is 5.88 Å². The summed E-state index contributed by atoms with van der Waals surface area (Å²) in [5, 5.41) is 0.615. The molecule has 2 aliphatic heterocycles. The highest BCUT2D eigenvalue weighted by Crippen LogP contribution is 2.38. The van der Waals surface area contributed by atoms with Gasteiger partial charge in [0.25, 0.3) is 0 Å². The number of aromatic nitrogens is 1. The maximum Gasteiger partial charge on any atom is 0.410 e. The van der Waals surface area contributed by atoms with Crippen LogP contribution in [0.15, 0.2) is 18.3 Å². The van der Waals surface area contributed by atoms with Crippen LogP contribution >= 0.6 is 11.6 Å². The average Bonchev–Trinajstić information content (AvgIpc) is 2.69. The van der Waals surface area contributed by atoms with Gasteiger partial charge in [0.05, 0.1) is 0 Å². The third-order valence-electron chi connectivity index (χ3n) is 4.28. The number of pyridine rings is 1. The molecule has 2 bridgehead atoms. The highest BCUT2D eigenvalue weighted by molar-refractivity contribution is 6.30. The van der Waals surface area contributed by atoms with Crippen LogP contribution in [0.3, 0.4) is 0 Å². The quantitative estimate of drug-likeness (QED) is 0.816. The molecule has 23 heavy (non-hydrogen) atoms. The minimum Gasteiger partial charge on any atom is -0.474 e. The number of amides is 1. The maximum atomic E-state index is 12.4. The van der Waals surface area contributed by atoms with Gasteiger partial charge in [0.15, 0.2) is 0 Å². The number of fused-ring (bicyclic) bond motifs is 2. The van der Waals surface area contributed by atoms with Gasteiger partial charge in [-0.15, -0.1) is 0 Å². The van der Waals surface area contributed by atoms with E-state index in [4.69, 9.17) is 21.1 Å². The van der Waals surface area contributed by atoms with Crippen LogP contribution in [-0.4, -0.2) is 39.8 Å². The van der Waals surface area contributed by atoms with Crippen LogP contribution in [0.2, 0.25) is 5.02 Å². The summed E-state index contributed by atoms with van der Waals surface area (Å²) in [6, 6.07) is 3.83. The van der Waals surface area contributed by atoms with Gasteiger partial charge in [-0.25, -0.2) is 9.78 Å². The number of ether oxygens (including phenoxy) is 2. The monoisotopic (exact) mass is 338 g/mol. The largest absolute Gasteiger partial charge is 0.474 e. The minimum atomic E-state index is -0.464. The van der Waals surface area contributed by atoms with Crippen LogP contribution in [0.1, 0.15) is 46.5 Å². The van der Waals surface area contributed by atoms with E-state index >= 15 is 0 Å². The molecule has 3 atom stereocenters. The Kier molecular flexibility index (Phi) is 4.41. The first-order chi connectivity index (χ1) is 10.8. The number of piperidine rings is 1. The minimum absolute atomic E-state index is 0.0668. The molecule has 0 unspecified atom stereocenters. The highest BCUT2D eigenvalue weighted by atomic mass is 35.5. The topological polar surface area (TPSA) is 51.7 Å². The first-order valence-electron chi connectivity index (χ1n) is 8.11. The molecule has 2 fully saturated rings. The average molecular weight is 339 g/mol. The van der Waals surface area contributed by atoms with Crippen molar-refractivity contribution in [1.29, 1.82) is 0 Å². The van der Waals surface area contributed by atoms with Crippen molar-refractivity contribution in [2.45, 2.75) is 70.2 Å². The van der Waals surface area contributed by atoms with E-state index in [1.54, 1.807) is 18.3 Å². The molecule has 0 saturated carbocycles. The Morgan fingerprint density at radius 2 is 1.96 bits per heavy atom. The summed E-state index contributed by atoms with van der Waals surface area (Å²) < 4.78 is 11.5. The second-order valence-electron chi connectivity index (χ2n) is 7.30. The number of hydrogen-bond acceptors (Lipinski definition) is 4. The molecule has 0 N–H and O–H groups in total. The number of carbonyl (C=O) groups excluding carboxylic acids is 1. The third kappa shape index (κ3) is 3.89. The van der Waals surface area contributed by atoms with Crippen molar-refractivity contribution in [3.8, 4) is 5.88 Å². The summed E-state index contributed by atoms with van der Waals surface area (Å²) in [5.74, 6) is 0.549. The van der Waals surface area contributed by atoms with E-state index in [2.05, 4.69) is 4.98 Å². The van der Waals surface area contributed by atoms with Crippen molar-refractivity contribution < 1.29 is 14.3 Å². The number of carbonyl (C=O) groups is 1. The molecule has 0 spiro atoms. The Labute approximate surface area is 141 Å². The molecule has 126 valence electrons. The lowest BCUT2D eigenvalue weighted by molar-refractivity contribution is -0.00758. The number of hydrogen-bond donors (Lipinski definition) is 0. The predicted molar refractivity (Wildman–Crippen MR) is 87.8 cm³/mol. The predicted octanol–water partition coefficient (Wildman–Crippen LogP) is 4.04. The van der Waals surface area contributed by atoms with Gasteiger partial charge in [-0.3, -0.25) is 0 Å². The van der Waals surface area contributed by atoms with Gasteiger partial charge in [0.1, 0.15) is 11.7 Å². The molecule has 6 heteroatoms. The maximum absolute atomic E-state index is 12.4. The molecule has 2 aliphatic rings. The number of halogens is 1. The van der Waals surface area contributed by atoms with Crippen molar-refractivity contribution in [1.82, 2.24) is 9.88 Å². The molecule has 0 radical (unpaired) electrons. The zero-order valence-corrected chi connectivity index (χ0v) is 14.5. The highest BCUT2D eigenvalue weighted by Gasteiger charge is 2.45. The molecule has 0 aromatic carbocycles. The second-order valence-corrected chi connectivity index (χ2v) is 7.73. The molecule has 5 nitrogen and oxygen atoms in total. The molecule has 1 aromatic rings. The lowest BCUT2D eigenvalue weighted by Gasteiger charge is -2.39. The van der Waals surface area contributed by atoms with Gasteiger partial charge in [-0.05, 0) is 39.7 Å².